The molecule has 0 unspecified atom stereocenters. The van der Waals surface area contributed by atoms with Gasteiger partial charge in [-0.05, 0) is 26.0 Å². The summed E-state index contributed by atoms with van der Waals surface area (Å²) in [6.45, 7) is 4.52. The third-order valence-corrected chi connectivity index (χ3v) is 3.82. The number of nitrogens with one attached hydrogen (secondary N) is 1. The molecule has 0 spiro atoms. The number of nitrogens with zero attached hydrogens (tertiary/aromatic N) is 3. The number of carbonyl (C=O) groups is 1. The summed E-state index contributed by atoms with van der Waals surface area (Å²) in [6.07, 6.45) is 5.35. The number of pyridine rings is 1. The predicted molar refractivity (Wildman–Crippen MR) is 93.6 cm³/mol. The molecule has 0 saturated carbocycles. The summed E-state index contributed by atoms with van der Waals surface area (Å²) in [5.41, 5.74) is 3.24. The Labute approximate surface area is 141 Å². The minimum Gasteiger partial charge on any atom is -0.348 e. The van der Waals surface area contributed by atoms with Crippen LogP contribution in [-0.4, -0.2) is 26.5 Å². The highest BCUT2D eigenvalue weighted by Crippen LogP contribution is 2.18. The number of rotatable bonds is 5. The van der Waals surface area contributed by atoms with Gasteiger partial charge in [-0.15, -0.1) is 0 Å². The van der Waals surface area contributed by atoms with E-state index in [1.807, 2.05) is 67.1 Å². The molecule has 1 N–H and O–H groups in total. The normalized spacial score (nSPS) is 11.9. The Hall–Kier alpha value is -2.95. The van der Waals surface area contributed by atoms with Crippen LogP contribution in [0.15, 0.2) is 61.2 Å². The standard InChI is InChI=1S/C19H20N4O/c1-14(12-23-11-10-20-13-23)21-19(24)17-8-9-18(22-15(17)2)16-6-4-3-5-7-16/h3-11,13-14H,12H2,1-2H3,(H,21,24)/t14-/m1/s1. The Morgan fingerprint density at radius 3 is 2.67 bits per heavy atom. The van der Waals surface area contributed by atoms with Gasteiger partial charge < -0.3 is 9.88 Å². The van der Waals surface area contributed by atoms with Crippen molar-refractivity contribution in [3.63, 3.8) is 0 Å². The quantitative estimate of drug-likeness (QED) is 0.786. The molecule has 1 amide bonds. The van der Waals surface area contributed by atoms with Crippen LogP contribution in [0, 0.1) is 6.92 Å². The molecule has 0 fully saturated rings. The summed E-state index contributed by atoms with van der Waals surface area (Å²) < 4.78 is 1.94. The van der Waals surface area contributed by atoms with Crippen molar-refractivity contribution in [2.24, 2.45) is 0 Å². The van der Waals surface area contributed by atoms with E-state index in [1.165, 1.54) is 0 Å². The molecule has 0 saturated heterocycles. The minimum absolute atomic E-state index is 0.0000927. The van der Waals surface area contributed by atoms with Crippen molar-refractivity contribution in [3.8, 4) is 11.3 Å². The van der Waals surface area contributed by atoms with Crippen LogP contribution in [0.2, 0.25) is 0 Å². The predicted octanol–water partition coefficient (Wildman–Crippen LogP) is 3.07. The Morgan fingerprint density at radius 1 is 1.21 bits per heavy atom. The van der Waals surface area contributed by atoms with Crippen LogP contribution in [-0.2, 0) is 6.54 Å². The van der Waals surface area contributed by atoms with Crippen molar-refractivity contribution in [2.45, 2.75) is 26.4 Å². The maximum atomic E-state index is 12.5. The first-order valence-electron chi connectivity index (χ1n) is 7.93. The summed E-state index contributed by atoms with van der Waals surface area (Å²) in [5.74, 6) is -0.104. The maximum absolute atomic E-state index is 12.5. The zero-order valence-corrected chi connectivity index (χ0v) is 13.8. The molecule has 0 aliphatic carbocycles. The highest BCUT2D eigenvalue weighted by Gasteiger charge is 2.14. The maximum Gasteiger partial charge on any atom is 0.253 e. The molecule has 0 radical (unpaired) electrons. The second kappa shape index (κ2) is 7.08. The number of imidazole rings is 1. The SMILES string of the molecule is Cc1nc(-c2ccccc2)ccc1C(=O)N[C@H](C)Cn1ccnc1. The van der Waals surface area contributed by atoms with Gasteiger partial charge in [0.1, 0.15) is 0 Å². The number of aryl methyl sites for hydroxylation is 1. The van der Waals surface area contributed by atoms with Crippen molar-refractivity contribution in [2.75, 3.05) is 0 Å². The fraction of sp³-hybridized carbons (Fsp3) is 0.211. The summed E-state index contributed by atoms with van der Waals surface area (Å²) >= 11 is 0. The average molecular weight is 320 g/mol. The monoisotopic (exact) mass is 320 g/mol. The number of hydrogen-bond donors (Lipinski definition) is 1. The van der Waals surface area contributed by atoms with Crippen LogP contribution in [0.4, 0.5) is 0 Å². The van der Waals surface area contributed by atoms with Gasteiger partial charge in [-0.2, -0.15) is 0 Å². The minimum atomic E-state index is -0.104. The van der Waals surface area contributed by atoms with Crippen molar-refractivity contribution < 1.29 is 4.79 Å². The molecule has 5 heteroatoms. The lowest BCUT2D eigenvalue weighted by Gasteiger charge is -2.15. The van der Waals surface area contributed by atoms with Gasteiger partial charge in [0.05, 0.1) is 23.3 Å². The van der Waals surface area contributed by atoms with Crippen molar-refractivity contribution in [3.05, 3.63) is 72.4 Å². The molecule has 0 aliphatic heterocycles. The van der Waals surface area contributed by atoms with E-state index in [-0.39, 0.29) is 11.9 Å². The first-order chi connectivity index (χ1) is 11.6. The second-order valence-electron chi connectivity index (χ2n) is 5.83. The van der Waals surface area contributed by atoms with Crippen LogP contribution in [0.3, 0.4) is 0 Å². The number of aromatic nitrogens is 3. The Balaban J connectivity index is 1.71. The van der Waals surface area contributed by atoms with Gasteiger partial charge in [-0.3, -0.25) is 9.78 Å². The second-order valence-corrected chi connectivity index (χ2v) is 5.83. The van der Waals surface area contributed by atoms with Crippen LogP contribution < -0.4 is 5.32 Å². The average Bonchev–Trinajstić information content (AvgIpc) is 3.08. The summed E-state index contributed by atoms with van der Waals surface area (Å²) in [6, 6.07) is 13.7. The van der Waals surface area contributed by atoms with E-state index < -0.39 is 0 Å². The van der Waals surface area contributed by atoms with Crippen LogP contribution in [0.1, 0.15) is 23.0 Å². The van der Waals surface area contributed by atoms with E-state index in [1.54, 1.807) is 12.5 Å². The first kappa shape index (κ1) is 15.9. The molecule has 24 heavy (non-hydrogen) atoms. The highest BCUT2D eigenvalue weighted by atomic mass is 16.1. The van der Waals surface area contributed by atoms with Gasteiger partial charge in [0, 0.05) is 30.5 Å². The lowest BCUT2D eigenvalue weighted by molar-refractivity contribution is 0.0935. The van der Waals surface area contributed by atoms with Crippen LogP contribution in [0.5, 0.6) is 0 Å². The fourth-order valence-electron chi connectivity index (χ4n) is 2.63. The molecular weight excluding hydrogens is 300 g/mol. The molecule has 3 rings (SSSR count). The van der Waals surface area contributed by atoms with Crippen molar-refractivity contribution in [1.29, 1.82) is 0 Å². The Kier molecular flexibility index (Phi) is 4.70. The van der Waals surface area contributed by atoms with Gasteiger partial charge in [0.2, 0.25) is 0 Å². The molecular formula is C19H20N4O. The van der Waals surface area contributed by atoms with Gasteiger partial charge in [-0.25, -0.2) is 4.98 Å². The zero-order chi connectivity index (χ0) is 16.9. The van der Waals surface area contributed by atoms with Crippen LogP contribution >= 0.6 is 0 Å². The van der Waals surface area contributed by atoms with E-state index >= 15 is 0 Å². The molecule has 5 nitrogen and oxygen atoms in total. The molecule has 2 heterocycles. The van der Waals surface area contributed by atoms with E-state index in [2.05, 4.69) is 15.3 Å². The van der Waals surface area contributed by atoms with E-state index in [9.17, 15) is 4.79 Å². The zero-order valence-electron chi connectivity index (χ0n) is 13.8. The fourth-order valence-corrected chi connectivity index (χ4v) is 2.63. The molecule has 122 valence electrons. The van der Waals surface area contributed by atoms with Gasteiger partial charge >= 0.3 is 0 Å². The molecule has 0 aliphatic rings. The smallest absolute Gasteiger partial charge is 0.253 e. The number of carbonyl (C=O) groups excluding carboxylic acids is 1. The van der Waals surface area contributed by atoms with Gasteiger partial charge in [0.15, 0.2) is 0 Å². The molecule has 0 bridgehead atoms. The summed E-state index contributed by atoms with van der Waals surface area (Å²) in [4.78, 5) is 21.1. The summed E-state index contributed by atoms with van der Waals surface area (Å²) in [7, 11) is 0. The molecule has 1 aromatic carbocycles. The van der Waals surface area contributed by atoms with Gasteiger partial charge in [-0.1, -0.05) is 30.3 Å². The van der Waals surface area contributed by atoms with Crippen LogP contribution in [0.25, 0.3) is 11.3 Å². The van der Waals surface area contributed by atoms with Crippen molar-refractivity contribution in [1.82, 2.24) is 19.9 Å². The van der Waals surface area contributed by atoms with E-state index in [0.717, 1.165) is 17.0 Å². The topological polar surface area (TPSA) is 59.8 Å². The lowest BCUT2D eigenvalue weighted by Crippen LogP contribution is -2.35. The number of amides is 1. The third kappa shape index (κ3) is 3.68. The van der Waals surface area contributed by atoms with E-state index in [0.29, 0.717) is 12.1 Å². The first-order valence-corrected chi connectivity index (χ1v) is 7.93. The van der Waals surface area contributed by atoms with Crippen molar-refractivity contribution >= 4 is 5.91 Å². The number of benzene rings is 1. The van der Waals surface area contributed by atoms with Gasteiger partial charge in [0.25, 0.3) is 5.91 Å². The highest BCUT2D eigenvalue weighted by molar-refractivity contribution is 5.95. The number of hydrogen-bond acceptors (Lipinski definition) is 3. The summed E-state index contributed by atoms with van der Waals surface area (Å²) in [5, 5.41) is 3.01. The molecule has 2 aromatic heterocycles. The van der Waals surface area contributed by atoms with E-state index in [4.69, 9.17) is 0 Å². The largest absolute Gasteiger partial charge is 0.348 e. The lowest BCUT2D eigenvalue weighted by atomic mass is 10.1. The molecule has 1 atom stereocenters. The Bertz CT molecular complexity index is 813. The Morgan fingerprint density at radius 2 is 2.00 bits per heavy atom. The third-order valence-electron chi connectivity index (χ3n) is 3.82. The molecule has 3 aromatic rings.